The summed E-state index contributed by atoms with van der Waals surface area (Å²) in [4.78, 5) is 27.9. The van der Waals surface area contributed by atoms with Gasteiger partial charge in [-0.25, -0.2) is 4.99 Å². The number of aryl methyl sites for hydroxylation is 1. The third kappa shape index (κ3) is 6.24. The molecule has 3 aromatic rings. The van der Waals surface area contributed by atoms with Crippen molar-refractivity contribution in [2.45, 2.75) is 20.5 Å². The molecule has 1 aliphatic heterocycles. The van der Waals surface area contributed by atoms with Crippen LogP contribution in [-0.4, -0.2) is 22.6 Å². The van der Waals surface area contributed by atoms with Gasteiger partial charge in [0, 0.05) is 17.2 Å². The molecule has 1 amide bonds. The topological polar surface area (TPSA) is 103 Å². The van der Waals surface area contributed by atoms with E-state index >= 15 is 0 Å². The van der Waals surface area contributed by atoms with Crippen LogP contribution in [-0.2, 0) is 11.4 Å². The lowest BCUT2D eigenvalue weighted by Crippen LogP contribution is -2.19. The normalized spacial score (nSPS) is 15.2. The van der Waals surface area contributed by atoms with Gasteiger partial charge in [-0.05, 0) is 90.8 Å². The molecule has 3 aromatic carbocycles. The molecule has 8 nitrogen and oxygen atoms in total. The van der Waals surface area contributed by atoms with Crippen LogP contribution in [0.3, 0.4) is 0 Å². The zero-order valence-corrected chi connectivity index (χ0v) is 21.1. The zero-order chi connectivity index (χ0) is 25.7. The van der Waals surface area contributed by atoms with Crippen molar-refractivity contribution in [1.82, 2.24) is 5.32 Å². The molecule has 0 aromatic heterocycles. The van der Waals surface area contributed by atoms with E-state index in [9.17, 15) is 14.9 Å². The highest BCUT2D eigenvalue weighted by atomic mass is 35.5. The Morgan fingerprint density at radius 2 is 1.86 bits per heavy atom. The van der Waals surface area contributed by atoms with Crippen molar-refractivity contribution in [1.29, 1.82) is 0 Å². The van der Waals surface area contributed by atoms with Crippen molar-refractivity contribution in [3.8, 4) is 11.5 Å². The maximum atomic E-state index is 12.5. The first-order valence-corrected chi connectivity index (χ1v) is 12.2. The third-order valence-electron chi connectivity index (χ3n) is 5.14. The number of non-ortho nitro benzene ring substituents is 1. The molecule has 184 valence electrons. The summed E-state index contributed by atoms with van der Waals surface area (Å²) in [5.74, 6) is 0.825. The van der Waals surface area contributed by atoms with Gasteiger partial charge in [0.15, 0.2) is 16.7 Å². The molecule has 0 aliphatic carbocycles. The molecule has 1 aliphatic rings. The van der Waals surface area contributed by atoms with E-state index in [2.05, 4.69) is 10.3 Å². The molecular weight excluding hydrogens is 502 g/mol. The van der Waals surface area contributed by atoms with Gasteiger partial charge in [-0.15, -0.1) is 0 Å². The summed E-state index contributed by atoms with van der Waals surface area (Å²) in [7, 11) is 0. The average molecular weight is 524 g/mol. The van der Waals surface area contributed by atoms with Gasteiger partial charge in [-0.2, -0.15) is 0 Å². The summed E-state index contributed by atoms with van der Waals surface area (Å²) in [6.45, 7) is 4.43. The first kappa shape index (κ1) is 25.3. The number of hydrogen-bond acceptors (Lipinski definition) is 7. The standard InChI is InChI=1S/C26H22ClN3O5S/c1-3-34-23-13-18(6-11-22(23)35-15-17-4-8-20(9-5-17)30(32)33)14-24-25(31)29-26(36-24)28-21-10-7-19(27)12-16(21)2/h4-14H,3,15H2,1-2H3,(H,28,29,31)/b24-14-. The molecular formula is C26H22ClN3O5S. The molecule has 10 heteroatoms. The zero-order valence-electron chi connectivity index (χ0n) is 19.5. The number of aliphatic imine (C=N–C) groups is 1. The maximum absolute atomic E-state index is 12.5. The number of nitro groups is 1. The molecule has 4 rings (SSSR count). The predicted octanol–water partition coefficient (Wildman–Crippen LogP) is 6.43. The number of rotatable bonds is 8. The van der Waals surface area contributed by atoms with Crippen LogP contribution >= 0.6 is 23.4 Å². The van der Waals surface area contributed by atoms with Crippen LogP contribution < -0.4 is 14.8 Å². The average Bonchev–Trinajstić information content (AvgIpc) is 3.19. The van der Waals surface area contributed by atoms with Gasteiger partial charge in [-0.1, -0.05) is 17.7 Å². The van der Waals surface area contributed by atoms with Crippen molar-refractivity contribution >= 4 is 51.9 Å². The SMILES string of the molecule is CCOc1cc(/C=C2\SC(=Nc3ccc(Cl)cc3C)NC2=O)ccc1OCc1ccc([N+](=O)[O-])cc1. The smallest absolute Gasteiger partial charge is 0.269 e. The van der Waals surface area contributed by atoms with Gasteiger partial charge in [0.25, 0.3) is 11.6 Å². The molecule has 1 fully saturated rings. The second-order valence-electron chi connectivity index (χ2n) is 7.76. The number of thioether (sulfide) groups is 1. The molecule has 0 bridgehead atoms. The number of amidine groups is 1. The van der Waals surface area contributed by atoms with E-state index in [1.54, 1.807) is 36.4 Å². The van der Waals surface area contributed by atoms with Gasteiger partial charge in [0.05, 0.1) is 22.1 Å². The van der Waals surface area contributed by atoms with Crippen molar-refractivity contribution in [3.63, 3.8) is 0 Å². The van der Waals surface area contributed by atoms with Crippen LogP contribution in [0.1, 0.15) is 23.6 Å². The number of carbonyl (C=O) groups is 1. The number of benzene rings is 3. The predicted molar refractivity (Wildman–Crippen MR) is 142 cm³/mol. The monoisotopic (exact) mass is 523 g/mol. The summed E-state index contributed by atoms with van der Waals surface area (Å²) in [5.41, 5.74) is 3.22. The first-order valence-electron chi connectivity index (χ1n) is 11.0. The van der Waals surface area contributed by atoms with E-state index in [0.29, 0.717) is 33.2 Å². The number of nitrogens with one attached hydrogen (secondary N) is 1. The van der Waals surface area contributed by atoms with Gasteiger partial charge >= 0.3 is 0 Å². The van der Waals surface area contributed by atoms with E-state index in [4.69, 9.17) is 21.1 Å². The maximum Gasteiger partial charge on any atom is 0.269 e. The number of nitro benzene ring substituents is 1. The molecule has 0 unspecified atom stereocenters. The number of ether oxygens (including phenoxy) is 2. The Morgan fingerprint density at radius 1 is 1.08 bits per heavy atom. The Labute approximate surface area is 217 Å². The summed E-state index contributed by atoms with van der Waals surface area (Å²) >= 11 is 7.26. The van der Waals surface area contributed by atoms with Crippen LogP contribution in [0, 0.1) is 17.0 Å². The highest BCUT2D eigenvalue weighted by molar-refractivity contribution is 8.18. The Kier molecular flexibility index (Phi) is 7.92. The molecule has 1 saturated heterocycles. The summed E-state index contributed by atoms with van der Waals surface area (Å²) in [6.07, 6.45) is 1.76. The minimum absolute atomic E-state index is 0.0245. The highest BCUT2D eigenvalue weighted by Crippen LogP contribution is 2.33. The molecule has 0 saturated carbocycles. The summed E-state index contributed by atoms with van der Waals surface area (Å²) in [5, 5.41) is 14.7. The Balaban J connectivity index is 1.49. The first-order chi connectivity index (χ1) is 17.3. The fourth-order valence-electron chi connectivity index (χ4n) is 3.36. The largest absolute Gasteiger partial charge is 0.490 e. The fraction of sp³-hybridized carbons (Fsp3) is 0.154. The number of halogens is 1. The number of amides is 1. The lowest BCUT2D eigenvalue weighted by molar-refractivity contribution is -0.384. The summed E-state index contributed by atoms with van der Waals surface area (Å²) in [6, 6.07) is 17.0. The molecule has 0 radical (unpaired) electrons. The van der Waals surface area contributed by atoms with E-state index in [1.165, 1.54) is 23.9 Å². The third-order valence-corrected chi connectivity index (χ3v) is 6.28. The molecule has 0 atom stereocenters. The quantitative estimate of drug-likeness (QED) is 0.207. The van der Waals surface area contributed by atoms with Gasteiger partial charge in [0.1, 0.15) is 6.61 Å². The van der Waals surface area contributed by atoms with E-state index in [0.717, 1.165) is 22.4 Å². The Bertz CT molecular complexity index is 1370. The fourth-order valence-corrected chi connectivity index (χ4v) is 4.42. The number of hydrogen-bond donors (Lipinski definition) is 1. The van der Waals surface area contributed by atoms with Gasteiger partial charge in [0.2, 0.25) is 0 Å². The minimum Gasteiger partial charge on any atom is -0.490 e. The van der Waals surface area contributed by atoms with E-state index in [-0.39, 0.29) is 18.2 Å². The molecule has 1 heterocycles. The lowest BCUT2D eigenvalue weighted by atomic mass is 10.1. The van der Waals surface area contributed by atoms with Crippen molar-refractivity contribution in [2.24, 2.45) is 4.99 Å². The number of nitrogens with zero attached hydrogens (tertiary/aromatic N) is 2. The van der Waals surface area contributed by atoms with Crippen LogP contribution in [0.2, 0.25) is 5.02 Å². The van der Waals surface area contributed by atoms with Crippen molar-refractivity contribution in [3.05, 3.63) is 97.4 Å². The minimum atomic E-state index is -0.443. The van der Waals surface area contributed by atoms with Crippen LogP contribution in [0.5, 0.6) is 11.5 Å². The van der Waals surface area contributed by atoms with Crippen molar-refractivity contribution in [2.75, 3.05) is 6.61 Å². The highest BCUT2D eigenvalue weighted by Gasteiger charge is 2.24. The second kappa shape index (κ2) is 11.3. The van der Waals surface area contributed by atoms with Crippen LogP contribution in [0.25, 0.3) is 6.08 Å². The second-order valence-corrected chi connectivity index (χ2v) is 9.23. The number of carbonyl (C=O) groups excluding carboxylic acids is 1. The Morgan fingerprint density at radius 3 is 2.56 bits per heavy atom. The van der Waals surface area contributed by atoms with E-state index in [1.807, 2.05) is 32.0 Å². The van der Waals surface area contributed by atoms with Crippen LogP contribution in [0.15, 0.2) is 70.6 Å². The van der Waals surface area contributed by atoms with Crippen molar-refractivity contribution < 1.29 is 19.2 Å². The summed E-state index contributed by atoms with van der Waals surface area (Å²) < 4.78 is 11.6. The Hall–Kier alpha value is -3.82. The van der Waals surface area contributed by atoms with E-state index < -0.39 is 4.92 Å². The molecule has 0 spiro atoms. The lowest BCUT2D eigenvalue weighted by Gasteiger charge is -2.13. The van der Waals surface area contributed by atoms with Gasteiger partial charge in [-0.3, -0.25) is 14.9 Å². The van der Waals surface area contributed by atoms with Crippen LogP contribution in [0.4, 0.5) is 11.4 Å². The molecule has 36 heavy (non-hydrogen) atoms. The van der Waals surface area contributed by atoms with Gasteiger partial charge < -0.3 is 14.8 Å². The molecule has 1 N–H and O–H groups in total.